The van der Waals surface area contributed by atoms with Crippen LogP contribution in [0.15, 0.2) is 24.3 Å². The lowest BCUT2D eigenvalue weighted by molar-refractivity contribution is 0.0519. The third kappa shape index (κ3) is 3.20. The molecule has 0 aliphatic heterocycles. The Morgan fingerprint density at radius 3 is 2.95 bits per heavy atom. The van der Waals surface area contributed by atoms with Crippen LogP contribution in [0, 0.1) is 18.3 Å². The number of hydrogen-bond donors (Lipinski definition) is 0. The van der Waals surface area contributed by atoms with Gasteiger partial charge in [-0.2, -0.15) is 5.26 Å². The summed E-state index contributed by atoms with van der Waals surface area (Å²) in [5.74, 6) is -0.406. The third-order valence-electron chi connectivity index (χ3n) is 2.90. The van der Waals surface area contributed by atoms with E-state index in [0.717, 1.165) is 10.6 Å². The summed E-state index contributed by atoms with van der Waals surface area (Å²) in [5, 5.41) is 9.64. The smallest absolute Gasteiger partial charge is 0.358 e. The van der Waals surface area contributed by atoms with Crippen LogP contribution in [-0.4, -0.2) is 24.6 Å². The highest BCUT2D eigenvalue weighted by atomic mass is 32.1. The van der Waals surface area contributed by atoms with E-state index in [9.17, 15) is 4.79 Å². The van der Waals surface area contributed by atoms with Gasteiger partial charge in [0.05, 0.1) is 18.2 Å². The molecule has 6 heteroatoms. The summed E-state index contributed by atoms with van der Waals surface area (Å²) in [6, 6.07) is 9.34. The molecule has 0 radical (unpaired) electrons. The molecule has 0 atom stereocenters. The molecule has 0 saturated carbocycles. The molecular formula is C15H15N3O2S. The van der Waals surface area contributed by atoms with E-state index >= 15 is 0 Å². The topological polar surface area (TPSA) is 66.2 Å². The largest absolute Gasteiger partial charge is 0.461 e. The van der Waals surface area contributed by atoms with Gasteiger partial charge in [0.2, 0.25) is 0 Å². The van der Waals surface area contributed by atoms with Gasteiger partial charge in [0.1, 0.15) is 0 Å². The van der Waals surface area contributed by atoms with Gasteiger partial charge < -0.3 is 9.64 Å². The number of nitrogens with zero attached hydrogens (tertiary/aromatic N) is 3. The van der Waals surface area contributed by atoms with Gasteiger partial charge in [-0.3, -0.25) is 0 Å². The highest BCUT2D eigenvalue weighted by molar-refractivity contribution is 7.15. The third-order valence-corrected chi connectivity index (χ3v) is 3.95. The van der Waals surface area contributed by atoms with Crippen molar-refractivity contribution in [3.8, 4) is 6.07 Å². The van der Waals surface area contributed by atoms with Crippen molar-refractivity contribution < 1.29 is 9.53 Å². The first-order chi connectivity index (χ1) is 10.1. The zero-order chi connectivity index (χ0) is 15.4. The van der Waals surface area contributed by atoms with Crippen LogP contribution in [0.4, 0.5) is 10.8 Å². The maximum Gasteiger partial charge on any atom is 0.358 e. The van der Waals surface area contributed by atoms with E-state index < -0.39 is 5.97 Å². The predicted octanol–water partition coefficient (Wildman–Crippen LogP) is 3.27. The van der Waals surface area contributed by atoms with Crippen molar-refractivity contribution in [2.75, 3.05) is 18.6 Å². The van der Waals surface area contributed by atoms with Crippen LogP contribution in [0.2, 0.25) is 0 Å². The highest BCUT2D eigenvalue weighted by Crippen LogP contribution is 2.30. The Morgan fingerprint density at radius 2 is 2.29 bits per heavy atom. The molecule has 0 amide bonds. The number of rotatable bonds is 4. The summed E-state index contributed by atoms with van der Waals surface area (Å²) in [6.45, 7) is 3.93. The van der Waals surface area contributed by atoms with Gasteiger partial charge in [-0.15, -0.1) is 11.3 Å². The number of carbonyl (C=O) groups is 1. The van der Waals surface area contributed by atoms with Gasteiger partial charge in [0, 0.05) is 17.6 Å². The van der Waals surface area contributed by atoms with Crippen molar-refractivity contribution in [1.29, 1.82) is 5.26 Å². The summed E-state index contributed by atoms with van der Waals surface area (Å²) in [4.78, 5) is 18.8. The SMILES string of the molecule is CCOC(=O)c1nc(N(C)c2cccc(C#N)c2)sc1C. The first kappa shape index (κ1) is 15.0. The summed E-state index contributed by atoms with van der Waals surface area (Å²) in [6.07, 6.45) is 0. The van der Waals surface area contributed by atoms with Crippen molar-refractivity contribution in [2.24, 2.45) is 0 Å². The van der Waals surface area contributed by atoms with Crippen molar-refractivity contribution in [2.45, 2.75) is 13.8 Å². The quantitative estimate of drug-likeness (QED) is 0.811. The van der Waals surface area contributed by atoms with Gasteiger partial charge in [0.25, 0.3) is 0 Å². The lowest BCUT2D eigenvalue weighted by atomic mass is 10.2. The molecule has 0 fully saturated rings. The monoisotopic (exact) mass is 301 g/mol. The van der Waals surface area contributed by atoms with Gasteiger partial charge in [-0.1, -0.05) is 6.07 Å². The second-order valence-electron chi connectivity index (χ2n) is 4.34. The minimum atomic E-state index is -0.406. The van der Waals surface area contributed by atoms with Crippen LogP contribution in [0.3, 0.4) is 0 Å². The molecule has 21 heavy (non-hydrogen) atoms. The van der Waals surface area contributed by atoms with E-state index in [1.807, 2.05) is 31.0 Å². The molecular weight excluding hydrogens is 286 g/mol. The number of esters is 1. The molecule has 0 saturated heterocycles. The fourth-order valence-corrected chi connectivity index (χ4v) is 2.69. The lowest BCUT2D eigenvalue weighted by Crippen LogP contribution is -2.11. The Labute approximate surface area is 127 Å². The van der Waals surface area contributed by atoms with Crippen LogP contribution in [0.25, 0.3) is 0 Å². The zero-order valence-corrected chi connectivity index (χ0v) is 12.9. The fourth-order valence-electron chi connectivity index (χ4n) is 1.81. The second-order valence-corrected chi connectivity index (χ2v) is 5.52. The van der Waals surface area contributed by atoms with E-state index in [2.05, 4.69) is 11.1 Å². The summed E-state index contributed by atoms with van der Waals surface area (Å²) >= 11 is 1.42. The van der Waals surface area contributed by atoms with Crippen LogP contribution in [-0.2, 0) is 4.74 Å². The molecule has 108 valence electrons. The summed E-state index contributed by atoms with van der Waals surface area (Å²) in [5.41, 5.74) is 1.77. The maximum atomic E-state index is 11.8. The molecule has 2 rings (SSSR count). The molecule has 2 aromatic rings. The Bertz CT molecular complexity index is 703. The number of ether oxygens (including phenoxy) is 1. The molecule has 5 nitrogen and oxygen atoms in total. The summed E-state index contributed by atoms with van der Waals surface area (Å²) in [7, 11) is 1.85. The minimum absolute atomic E-state index is 0.325. The normalized spacial score (nSPS) is 10.0. The van der Waals surface area contributed by atoms with Crippen molar-refractivity contribution in [3.05, 3.63) is 40.4 Å². The van der Waals surface area contributed by atoms with Gasteiger partial charge >= 0.3 is 5.97 Å². The van der Waals surface area contributed by atoms with Crippen LogP contribution < -0.4 is 4.90 Å². The average molecular weight is 301 g/mol. The van der Waals surface area contributed by atoms with Gasteiger partial charge in [-0.25, -0.2) is 9.78 Å². The first-order valence-electron chi connectivity index (χ1n) is 6.45. The van der Waals surface area contributed by atoms with Crippen LogP contribution in [0.5, 0.6) is 0 Å². The van der Waals surface area contributed by atoms with Crippen molar-refractivity contribution in [1.82, 2.24) is 4.98 Å². The number of aryl methyl sites for hydroxylation is 1. The zero-order valence-electron chi connectivity index (χ0n) is 12.1. The predicted molar refractivity (Wildman–Crippen MR) is 82.0 cm³/mol. The van der Waals surface area contributed by atoms with E-state index in [-0.39, 0.29) is 0 Å². The molecule has 0 unspecified atom stereocenters. The van der Waals surface area contributed by atoms with Gasteiger partial charge in [0.15, 0.2) is 10.8 Å². The Balaban J connectivity index is 2.31. The standard InChI is InChI=1S/C15H15N3O2S/c1-4-20-14(19)13-10(2)21-15(17-13)18(3)12-7-5-6-11(8-12)9-16/h5-8H,4H2,1-3H3. The minimum Gasteiger partial charge on any atom is -0.461 e. The number of anilines is 2. The highest BCUT2D eigenvalue weighted by Gasteiger charge is 2.19. The molecule has 0 bridgehead atoms. The van der Waals surface area contributed by atoms with E-state index in [1.54, 1.807) is 19.1 Å². The van der Waals surface area contributed by atoms with Gasteiger partial charge in [-0.05, 0) is 32.0 Å². The molecule has 0 N–H and O–H groups in total. The summed E-state index contributed by atoms with van der Waals surface area (Å²) < 4.78 is 4.99. The maximum absolute atomic E-state index is 11.8. The van der Waals surface area contributed by atoms with E-state index in [4.69, 9.17) is 10.00 Å². The number of aromatic nitrogens is 1. The lowest BCUT2D eigenvalue weighted by Gasteiger charge is -2.15. The van der Waals surface area contributed by atoms with Crippen LogP contribution in [0.1, 0.15) is 27.9 Å². The fraction of sp³-hybridized carbons (Fsp3) is 0.267. The Hall–Kier alpha value is -2.39. The molecule has 1 aromatic heterocycles. The molecule has 0 spiro atoms. The molecule has 0 aliphatic carbocycles. The Morgan fingerprint density at radius 1 is 1.52 bits per heavy atom. The number of hydrogen-bond acceptors (Lipinski definition) is 6. The first-order valence-corrected chi connectivity index (χ1v) is 7.27. The number of carbonyl (C=O) groups excluding carboxylic acids is 1. The average Bonchev–Trinajstić information content (AvgIpc) is 2.89. The molecule has 1 heterocycles. The number of nitriles is 1. The van der Waals surface area contributed by atoms with Crippen LogP contribution >= 0.6 is 11.3 Å². The van der Waals surface area contributed by atoms with E-state index in [1.165, 1.54) is 11.3 Å². The van der Waals surface area contributed by atoms with Crippen molar-refractivity contribution in [3.63, 3.8) is 0 Å². The van der Waals surface area contributed by atoms with E-state index in [0.29, 0.717) is 23.0 Å². The Kier molecular flexibility index (Phi) is 4.55. The molecule has 1 aromatic carbocycles. The second kappa shape index (κ2) is 6.37. The number of thiazole rings is 1. The molecule has 0 aliphatic rings. The number of benzene rings is 1. The van der Waals surface area contributed by atoms with Crippen molar-refractivity contribution >= 4 is 28.1 Å².